The number of carboxylic acids is 1. The Morgan fingerprint density at radius 3 is 2.40 bits per heavy atom. The zero-order valence-electron chi connectivity index (χ0n) is 11.4. The molecule has 0 unspecified atom stereocenters. The number of hydrogen-bond donors (Lipinski definition) is 3. The molecule has 0 radical (unpaired) electrons. The van der Waals surface area contributed by atoms with Crippen molar-refractivity contribution in [3.05, 3.63) is 29.3 Å². The number of hydrogen-bond acceptors (Lipinski definition) is 2. The molecule has 7 heteroatoms. The van der Waals surface area contributed by atoms with Gasteiger partial charge in [0.05, 0.1) is 11.1 Å². The Bertz CT molecular complexity index is 545. The van der Waals surface area contributed by atoms with E-state index in [2.05, 4.69) is 10.6 Å². The summed E-state index contributed by atoms with van der Waals surface area (Å²) in [6.45, 7) is 4.12. The first-order valence-corrected chi connectivity index (χ1v) is 5.87. The molecule has 1 aromatic carbocycles. The quantitative estimate of drug-likeness (QED) is 0.795. The minimum Gasteiger partial charge on any atom is -0.481 e. The molecule has 0 atom stereocenters. The summed E-state index contributed by atoms with van der Waals surface area (Å²) < 4.78 is 26.8. The summed E-state index contributed by atoms with van der Waals surface area (Å²) in [5.74, 6) is -2.49. The molecule has 0 bridgehead atoms. The number of amides is 2. The van der Waals surface area contributed by atoms with E-state index in [1.807, 2.05) is 0 Å². The second-order valence-electron chi connectivity index (χ2n) is 5.08. The fourth-order valence-electron chi connectivity index (χ4n) is 1.29. The monoisotopic (exact) mass is 286 g/mol. The second-order valence-corrected chi connectivity index (χ2v) is 5.08. The lowest BCUT2D eigenvalue weighted by Crippen LogP contribution is -2.40. The van der Waals surface area contributed by atoms with Crippen LogP contribution in [-0.2, 0) is 4.79 Å². The van der Waals surface area contributed by atoms with Crippen LogP contribution in [0.3, 0.4) is 0 Å². The summed E-state index contributed by atoms with van der Waals surface area (Å²) in [6, 6.07) is 1.03. The van der Waals surface area contributed by atoms with Crippen LogP contribution in [0.15, 0.2) is 12.1 Å². The van der Waals surface area contributed by atoms with Gasteiger partial charge in [0.2, 0.25) is 0 Å². The minimum absolute atomic E-state index is 0.125. The summed E-state index contributed by atoms with van der Waals surface area (Å²) >= 11 is 0. The first-order chi connectivity index (χ1) is 9.13. The Morgan fingerprint density at radius 2 is 1.85 bits per heavy atom. The Labute approximate surface area is 115 Å². The summed E-state index contributed by atoms with van der Waals surface area (Å²) in [6.07, 6.45) is 0. The summed E-state index contributed by atoms with van der Waals surface area (Å²) in [5.41, 5.74) is -1.34. The van der Waals surface area contributed by atoms with Crippen LogP contribution in [0.1, 0.15) is 19.4 Å². The van der Waals surface area contributed by atoms with E-state index < -0.39 is 29.0 Å². The molecular weight excluding hydrogens is 270 g/mol. The number of benzene rings is 1. The number of nitrogens with one attached hydrogen (secondary N) is 2. The Morgan fingerprint density at radius 1 is 1.25 bits per heavy atom. The van der Waals surface area contributed by atoms with Crippen molar-refractivity contribution >= 4 is 17.7 Å². The molecule has 0 aliphatic heterocycles. The van der Waals surface area contributed by atoms with Gasteiger partial charge in [0.1, 0.15) is 11.6 Å². The number of anilines is 1. The highest BCUT2D eigenvalue weighted by molar-refractivity contribution is 5.89. The summed E-state index contributed by atoms with van der Waals surface area (Å²) in [5, 5.41) is 13.3. The first-order valence-electron chi connectivity index (χ1n) is 5.87. The van der Waals surface area contributed by atoms with Crippen molar-refractivity contribution in [3.8, 4) is 0 Å². The number of urea groups is 1. The van der Waals surface area contributed by atoms with Crippen LogP contribution in [0.5, 0.6) is 0 Å². The van der Waals surface area contributed by atoms with Crippen molar-refractivity contribution < 1.29 is 23.5 Å². The zero-order chi connectivity index (χ0) is 15.5. The van der Waals surface area contributed by atoms with Crippen molar-refractivity contribution in [3.63, 3.8) is 0 Å². The smallest absolute Gasteiger partial charge is 0.319 e. The van der Waals surface area contributed by atoms with Crippen molar-refractivity contribution in [2.24, 2.45) is 5.41 Å². The van der Waals surface area contributed by atoms with Gasteiger partial charge in [-0.1, -0.05) is 0 Å². The number of carbonyl (C=O) groups is 2. The number of rotatable bonds is 4. The van der Waals surface area contributed by atoms with E-state index in [1.165, 1.54) is 20.8 Å². The molecule has 2 amide bonds. The molecule has 0 saturated carbocycles. The van der Waals surface area contributed by atoms with Crippen LogP contribution in [0.4, 0.5) is 19.3 Å². The fourth-order valence-corrected chi connectivity index (χ4v) is 1.29. The highest BCUT2D eigenvalue weighted by Crippen LogP contribution is 2.19. The molecule has 0 heterocycles. The standard InChI is InChI=1S/C13H16F2N2O3/c1-7-4-9(15)10(5-8(7)14)17-12(20)16-6-13(2,3)11(18)19/h4-5H,6H2,1-3H3,(H,18,19)(H2,16,17,20). The Balaban J connectivity index is 2.68. The normalized spacial score (nSPS) is 11.1. The van der Waals surface area contributed by atoms with Crippen molar-refractivity contribution in [1.29, 1.82) is 0 Å². The Hall–Kier alpha value is -2.18. The van der Waals surface area contributed by atoms with Crippen LogP contribution < -0.4 is 10.6 Å². The molecule has 1 rings (SSSR count). The van der Waals surface area contributed by atoms with Gasteiger partial charge in [0, 0.05) is 12.6 Å². The molecule has 20 heavy (non-hydrogen) atoms. The SMILES string of the molecule is Cc1cc(F)c(NC(=O)NCC(C)(C)C(=O)O)cc1F. The third-order valence-corrected chi connectivity index (χ3v) is 2.77. The number of aliphatic carboxylic acids is 1. The highest BCUT2D eigenvalue weighted by atomic mass is 19.1. The van der Waals surface area contributed by atoms with Crippen LogP contribution in [0, 0.1) is 24.0 Å². The third kappa shape index (κ3) is 3.91. The third-order valence-electron chi connectivity index (χ3n) is 2.77. The lowest BCUT2D eigenvalue weighted by Gasteiger charge is -2.19. The van der Waals surface area contributed by atoms with E-state index >= 15 is 0 Å². The van der Waals surface area contributed by atoms with Gasteiger partial charge in [-0.25, -0.2) is 13.6 Å². The number of carboxylic acid groups (broad SMARTS) is 1. The van der Waals surface area contributed by atoms with Gasteiger partial charge in [0.25, 0.3) is 0 Å². The molecule has 1 aromatic rings. The van der Waals surface area contributed by atoms with Crippen molar-refractivity contribution in [1.82, 2.24) is 5.32 Å². The minimum atomic E-state index is -1.16. The van der Waals surface area contributed by atoms with Gasteiger partial charge >= 0.3 is 12.0 Å². The topological polar surface area (TPSA) is 78.4 Å². The summed E-state index contributed by atoms with van der Waals surface area (Å²) in [7, 11) is 0. The predicted molar refractivity (Wildman–Crippen MR) is 69.5 cm³/mol. The molecule has 5 nitrogen and oxygen atoms in total. The second kappa shape index (κ2) is 5.85. The van der Waals surface area contributed by atoms with Crippen LogP contribution in [-0.4, -0.2) is 23.7 Å². The lowest BCUT2D eigenvalue weighted by molar-refractivity contribution is -0.146. The number of aryl methyl sites for hydroxylation is 1. The molecule has 110 valence electrons. The fraction of sp³-hybridized carbons (Fsp3) is 0.385. The maximum absolute atomic E-state index is 13.5. The van der Waals surface area contributed by atoms with Gasteiger partial charge in [-0.05, 0) is 32.4 Å². The average molecular weight is 286 g/mol. The number of halogens is 2. The largest absolute Gasteiger partial charge is 0.481 e. The molecule has 0 aliphatic carbocycles. The molecule has 0 fully saturated rings. The van der Waals surface area contributed by atoms with E-state index in [1.54, 1.807) is 0 Å². The van der Waals surface area contributed by atoms with E-state index in [0.717, 1.165) is 12.1 Å². The summed E-state index contributed by atoms with van der Waals surface area (Å²) in [4.78, 5) is 22.4. The number of carbonyl (C=O) groups excluding carboxylic acids is 1. The van der Waals surface area contributed by atoms with Gasteiger partial charge in [0.15, 0.2) is 0 Å². The predicted octanol–water partition coefficient (Wildman–Crippen LogP) is 2.51. The van der Waals surface area contributed by atoms with E-state index in [4.69, 9.17) is 5.11 Å². The Kier molecular flexibility index (Phi) is 4.65. The van der Waals surface area contributed by atoms with Crippen molar-refractivity contribution in [2.75, 3.05) is 11.9 Å². The van der Waals surface area contributed by atoms with Crippen LogP contribution in [0.25, 0.3) is 0 Å². The average Bonchev–Trinajstić information content (AvgIpc) is 2.33. The molecule has 0 aromatic heterocycles. The lowest BCUT2D eigenvalue weighted by atomic mass is 9.94. The molecule has 0 saturated heterocycles. The maximum atomic E-state index is 13.5. The highest BCUT2D eigenvalue weighted by Gasteiger charge is 2.27. The molecule has 0 spiro atoms. The van der Waals surface area contributed by atoms with Crippen LogP contribution in [0.2, 0.25) is 0 Å². The molecule has 3 N–H and O–H groups in total. The first kappa shape index (κ1) is 15.9. The maximum Gasteiger partial charge on any atom is 0.319 e. The van der Waals surface area contributed by atoms with E-state index in [0.29, 0.717) is 0 Å². The van der Waals surface area contributed by atoms with E-state index in [9.17, 15) is 18.4 Å². The van der Waals surface area contributed by atoms with Gasteiger partial charge in [-0.3, -0.25) is 4.79 Å². The van der Waals surface area contributed by atoms with Crippen LogP contribution >= 0.6 is 0 Å². The molecular formula is C13H16F2N2O3. The van der Waals surface area contributed by atoms with E-state index in [-0.39, 0.29) is 17.8 Å². The van der Waals surface area contributed by atoms with Gasteiger partial charge < -0.3 is 15.7 Å². The van der Waals surface area contributed by atoms with Crippen molar-refractivity contribution in [2.45, 2.75) is 20.8 Å². The van der Waals surface area contributed by atoms with Gasteiger partial charge in [-0.2, -0.15) is 0 Å². The van der Waals surface area contributed by atoms with Gasteiger partial charge in [-0.15, -0.1) is 0 Å². The molecule has 0 aliphatic rings. The zero-order valence-corrected chi connectivity index (χ0v) is 11.4.